The van der Waals surface area contributed by atoms with Crippen LogP contribution in [0.1, 0.15) is 225 Å². The highest BCUT2D eigenvalue weighted by molar-refractivity contribution is 6.01. The van der Waals surface area contributed by atoms with Crippen molar-refractivity contribution in [3.8, 4) is 0 Å². The number of hydrogen-bond donors (Lipinski definition) is 2. The number of aromatic carboxylic acids is 2. The van der Waals surface area contributed by atoms with Gasteiger partial charge in [0.05, 0.1) is 11.1 Å². The van der Waals surface area contributed by atoms with Crippen LogP contribution in [0.25, 0.3) is 0 Å². The zero-order valence-electron chi connectivity index (χ0n) is 36.4. The molecule has 0 atom stereocenters. The molecule has 4 nitrogen and oxygen atoms in total. The van der Waals surface area contributed by atoms with Crippen LogP contribution in [-0.4, -0.2) is 22.2 Å². The number of carboxylic acids is 2. The van der Waals surface area contributed by atoms with Gasteiger partial charge in [-0.2, -0.15) is 0 Å². The fourth-order valence-electron chi connectivity index (χ4n) is 7.04. The fraction of sp³-hybridized carbons (Fsp3) is 0.615. The Balaban J connectivity index is 0.000000439. The van der Waals surface area contributed by atoms with Crippen LogP contribution >= 0.6 is 0 Å². The van der Waals surface area contributed by atoms with Gasteiger partial charge in [-0.3, -0.25) is 0 Å². The van der Waals surface area contributed by atoms with E-state index in [1.807, 2.05) is 0 Å². The Morgan fingerprint density at radius 2 is 0.518 bits per heavy atom. The number of carboxylic acid groups (broad SMARTS) is 2. The van der Waals surface area contributed by atoms with E-state index in [2.05, 4.69) is 76.2 Å². The van der Waals surface area contributed by atoms with Gasteiger partial charge >= 0.3 is 11.9 Å². The lowest BCUT2D eigenvalue weighted by Crippen LogP contribution is -2.06. The summed E-state index contributed by atoms with van der Waals surface area (Å²) in [5.41, 5.74) is 5.74. The van der Waals surface area contributed by atoms with Crippen LogP contribution in [0.3, 0.4) is 0 Å². The molecular formula is C52H82O4. The first-order valence-corrected chi connectivity index (χ1v) is 23.1. The van der Waals surface area contributed by atoms with Crippen LogP contribution in [0.2, 0.25) is 0 Å². The van der Waals surface area contributed by atoms with Gasteiger partial charge in [-0.25, -0.2) is 9.59 Å². The Morgan fingerprint density at radius 1 is 0.321 bits per heavy atom. The second-order valence-corrected chi connectivity index (χ2v) is 15.9. The van der Waals surface area contributed by atoms with Crippen molar-refractivity contribution < 1.29 is 19.8 Å². The van der Waals surface area contributed by atoms with E-state index in [9.17, 15) is 9.59 Å². The SMILES string of the molecule is CCCCCCCCc1ccc(CCCCCCCC)cc1.CCCCCCCCc1ccc(CCCCCCCC)cc1.O=C(O)c1ccccc1C(=O)O. The highest BCUT2D eigenvalue weighted by Crippen LogP contribution is 2.16. The van der Waals surface area contributed by atoms with E-state index in [0.29, 0.717) is 0 Å². The molecule has 0 aliphatic rings. The maximum Gasteiger partial charge on any atom is 0.336 e. The minimum atomic E-state index is -1.23. The second kappa shape index (κ2) is 36.0. The summed E-state index contributed by atoms with van der Waals surface area (Å²) in [6.45, 7) is 9.14. The number of aryl methyl sites for hydroxylation is 4. The molecule has 0 fully saturated rings. The van der Waals surface area contributed by atoms with E-state index in [-0.39, 0.29) is 11.1 Å². The molecule has 4 heteroatoms. The topological polar surface area (TPSA) is 74.6 Å². The van der Waals surface area contributed by atoms with Gasteiger partial charge in [0.1, 0.15) is 0 Å². The van der Waals surface area contributed by atoms with E-state index >= 15 is 0 Å². The molecule has 3 rings (SSSR count). The summed E-state index contributed by atoms with van der Waals surface area (Å²) in [5.74, 6) is -2.46. The average molecular weight is 771 g/mol. The Kier molecular flexibility index (Phi) is 32.5. The molecule has 0 amide bonds. The van der Waals surface area contributed by atoms with Gasteiger partial charge in [-0.15, -0.1) is 0 Å². The molecule has 3 aromatic carbocycles. The van der Waals surface area contributed by atoms with Crippen LogP contribution < -0.4 is 0 Å². The number of hydrogen-bond acceptors (Lipinski definition) is 2. The zero-order valence-corrected chi connectivity index (χ0v) is 36.4. The Labute approximate surface area is 344 Å². The van der Waals surface area contributed by atoms with Crippen molar-refractivity contribution in [3.63, 3.8) is 0 Å². The van der Waals surface area contributed by atoms with Crippen LogP contribution in [0.5, 0.6) is 0 Å². The van der Waals surface area contributed by atoms with Gasteiger partial charge < -0.3 is 10.2 Å². The molecule has 0 bridgehead atoms. The quantitative estimate of drug-likeness (QED) is 0.0662. The third-order valence-electron chi connectivity index (χ3n) is 10.7. The van der Waals surface area contributed by atoms with E-state index in [1.165, 1.54) is 226 Å². The van der Waals surface area contributed by atoms with Crippen molar-refractivity contribution in [2.45, 2.75) is 207 Å². The summed E-state index contributed by atoms with van der Waals surface area (Å²) in [4.78, 5) is 20.9. The van der Waals surface area contributed by atoms with E-state index in [4.69, 9.17) is 10.2 Å². The van der Waals surface area contributed by atoms with Crippen molar-refractivity contribution in [2.75, 3.05) is 0 Å². The lowest BCUT2D eigenvalue weighted by molar-refractivity contribution is 0.0651. The molecule has 0 unspecified atom stereocenters. The summed E-state index contributed by atoms with van der Waals surface area (Å²) >= 11 is 0. The van der Waals surface area contributed by atoms with Crippen molar-refractivity contribution in [1.29, 1.82) is 0 Å². The smallest absolute Gasteiger partial charge is 0.336 e. The summed E-state index contributed by atoms with van der Waals surface area (Å²) in [6, 6.07) is 24.4. The minimum Gasteiger partial charge on any atom is -0.478 e. The van der Waals surface area contributed by atoms with E-state index < -0.39 is 11.9 Å². The average Bonchev–Trinajstić information content (AvgIpc) is 3.21. The van der Waals surface area contributed by atoms with Crippen molar-refractivity contribution >= 4 is 11.9 Å². The third-order valence-corrected chi connectivity index (χ3v) is 10.7. The molecule has 0 saturated heterocycles. The first-order valence-electron chi connectivity index (χ1n) is 23.1. The molecule has 3 aromatic rings. The van der Waals surface area contributed by atoms with Gasteiger partial charge in [0.15, 0.2) is 0 Å². The number of carbonyl (C=O) groups is 2. The molecular weight excluding hydrogens is 689 g/mol. The van der Waals surface area contributed by atoms with Gasteiger partial charge in [0.2, 0.25) is 0 Å². The predicted octanol–water partition coefficient (Wildman–Crippen LogP) is 16.1. The summed E-state index contributed by atoms with van der Waals surface area (Å²) in [7, 11) is 0. The predicted molar refractivity (Wildman–Crippen MR) is 242 cm³/mol. The van der Waals surface area contributed by atoms with Crippen LogP contribution in [-0.2, 0) is 25.7 Å². The molecule has 0 spiro atoms. The molecule has 0 aromatic heterocycles. The third kappa shape index (κ3) is 27.2. The standard InChI is InChI=1S/2C22H38.C8H6O4/c2*1-3-5-7-9-11-13-15-21-17-19-22(20-18-21)16-14-12-10-8-6-4-2;9-7(10)5-3-1-2-4-6(5)8(11)12/h2*17-20H,3-16H2,1-2H3;1-4H,(H,9,10)(H,11,12). The normalized spacial score (nSPS) is 10.6. The van der Waals surface area contributed by atoms with Crippen LogP contribution in [0, 0.1) is 0 Å². The van der Waals surface area contributed by atoms with Gasteiger partial charge in [-0.1, -0.05) is 217 Å². The molecule has 314 valence electrons. The van der Waals surface area contributed by atoms with Crippen molar-refractivity contribution in [2.24, 2.45) is 0 Å². The fourth-order valence-corrected chi connectivity index (χ4v) is 7.04. The lowest BCUT2D eigenvalue weighted by atomic mass is 10.0. The number of unbranched alkanes of at least 4 members (excludes halogenated alkanes) is 20. The summed E-state index contributed by atoms with van der Waals surface area (Å²) in [6.07, 6.45) is 38.5. The maximum absolute atomic E-state index is 10.5. The zero-order chi connectivity index (χ0) is 40.9. The minimum absolute atomic E-state index is 0.190. The first kappa shape index (κ1) is 50.6. The summed E-state index contributed by atoms with van der Waals surface area (Å²) in [5, 5.41) is 17.1. The van der Waals surface area contributed by atoms with Crippen LogP contribution in [0.15, 0.2) is 72.8 Å². The Bertz CT molecular complexity index is 1170. The molecule has 0 heterocycles. The Hall–Kier alpha value is -3.40. The van der Waals surface area contributed by atoms with Crippen LogP contribution in [0.4, 0.5) is 0 Å². The first-order chi connectivity index (χ1) is 27.4. The van der Waals surface area contributed by atoms with Gasteiger partial charge in [-0.05, 0) is 85.8 Å². The monoisotopic (exact) mass is 771 g/mol. The molecule has 2 N–H and O–H groups in total. The van der Waals surface area contributed by atoms with Gasteiger partial charge in [0, 0.05) is 0 Å². The lowest BCUT2D eigenvalue weighted by Gasteiger charge is -2.05. The highest BCUT2D eigenvalue weighted by Gasteiger charge is 2.13. The Morgan fingerprint density at radius 3 is 0.714 bits per heavy atom. The largest absolute Gasteiger partial charge is 0.478 e. The van der Waals surface area contributed by atoms with E-state index in [0.717, 1.165) is 0 Å². The number of benzene rings is 3. The van der Waals surface area contributed by atoms with E-state index in [1.54, 1.807) is 0 Å². The molecule has 56 heavy (non-hydrogen) atoms. The summed E-state index contributed by atoms with van der Waals surface area (Å²) < 4.78 is 0. The molecule has 0 aliphatic heterocycles. The number of rotatable bonds is 30. The maximum atomic E-state index is 10.5. The van der Waals surface area contributed by atoms with Crippen molar-refractivity contribution in [3.05, 3.63) is 106 Å². The molecule has 0 radical (unpaired) electrons. The molecule has 0 saturated carbocycles. The molecule has 0 aliphatic carbocycles. The highest BCUT2D eigenvalue weighted by atomic mass is 16.4. The van der Waals surface area contributed by atoms with Gasteiger partial charge in [0.25, 0.3) is 0 Å². The van der Waals surface area contributed by atoms with Crippen molar-refractivity contribution in [1.82, 2.24) is 0 Å². The second-order valence-electron chi connectivity index (χ2n) is 15.9.